The van der Waals surface area contributed by atoms with E-state index in [-0.39, 0.29) is 0 Å². The quantitative estimate of drug-likeness (QED) is 0.650. The molecule has 0 saturated heterocycles. The summed E-state index contributed by atoms with van der Waals surface area (Å²) in [6, 6.07) is 19.0. The van der Waals surface area contributed by atoms with Crippen LogP contribution in [0.1, 0.15) is 18.9 Å². The van der Waals surface area contributed by atoms with E-state index < -0.39 is 0 Å². The fraction of sp³-hybridized carbons (Fsp3) is 0.111. The summed E-state index contributed by atoms with van der Waals surface area (Å²) in [5.41, 5.74) is 4.90. The normalized spacial score (nSPS) is 11.4. The molecule has 1 nitrogen and oxygen atoms in total. The second-order valence-electron chi connectivity index (χ2n) is 4.64. The molecule has 1 aromatic heterocycles. The lowest BCUT2D eigenvalue weighted by molar-refractivity contribution is 1.23. The molecule has 0 bridgehead atoms. The highest BCUT2D eigenvalue weighted by molar-refractivity contribution is 5.96. The molecule has 19 heavy (non-hydrogen) atoms. The van der Waals surface area contributed by atoms with Crippen LogP contribution in [0, 0.1) is 0 Å². The SMILES string of the molecule is CC/C=C/c1c(-c2ccccc2)[nH]c2ccccc12. The minimum atomic E-state index is 1.05. The number of allylic oxidation sites excluding steroid dienone is 1. The topological polar surface area (TPSA) is 15.8 Å². The van der Waals surface area contributed by atoms with Crippen LogP contribution >= 0.6 is 0 Å². The number of hydrogen-bond acceptors (Lipinski definition) is 0. The molecule has 0 radical (unpaired) electrons. The molecular weight excluding hydrogens is 230 g/mol. The van der Waals surface area contributed by atoms with Gasteiger partial charge in [-0.1, -0.05) is 67.6 Å². The van der Waals surface area contributed by atoms with E-state index in [2.05, 4.69) is 72.6 Å². The Kier molecular flexibility index (Phi) is 3.20. The van der Waals surface area contributed by atoms with Gasteiger partial charge in [-0.3, -0.25) is 0 Å². The van der Waals surface area contributed by atoms with Crippen molar-refractivity contribution >= 4 is 17.0 Å². The minimum Gasteiger partial charge on any atom is -0.354 e. The zero-order valence-electron chi connectivity index (χ0n) is 11.1. The molecule has 1 heterocycles. The van der Waals surface area contributed by atoms with Crippen LogP contribution in [0.5, 0.6) is 0 Å². The number of aromatic nitrogens is 1. The molecule has 0 fully saturated rings. The van der Waals surface area contributed by atoms with Gasteiger partial charge in [0.05, 0.1) is 5.69 Å². The van der Waals surface area contributed by atoms with Gasteiger partial charge >= 0.3 is 0 Å². The van der Waals surface area contributed by atoms with Gasteiger partial charge in [0, 0.05) is 16.5 Å². The molecule has 3 aromatic rings. The average Bonchev–Trinajstić information content (AvgIpc) is 2.85. The van der Waals surface area contributed by atoms with E-state index in [1.165, 1.54) is 27.7 Å². The summed E-state index contributed by atoms with van der Waals surface area (Å²) in [6.07, 6.45) is 5.48. The lowest BCUT2D eigenvalue weighted by atomic mass is 10.0. The maximum atomic E-state index is 3.54. The van der Waals surface area contributed by atoms with Gasteiger partial charge < -0.3 is 4.98 Å². The van der Waals surface area contributed by atoms with Crippen molar-refractivity contribution in [3.05, 3.63) is 66.2 Å². The smallest absolute Gasteiger partial charge is 0.0538 e. The number of H-pyrrole nitrogens is 1. The Morgan fingerprint density at radius 3 is 2.47 bits per heavy atom. The van der Waals surface area contributed by atoms with Crippen molar-refractivity contribution < 1.29 is 0 Å². The molecule has 1 heteroatoms. The fourth-order valence-corrected chi connectivity index (χ4v) is 2.40. The number of fused-ring (bicyclic) bond motifs is 1. The van der Waals surface area contributed by atoms with Crippen molar-refractivity contribution in [1.82, 2.24) is 4.98 Å². The Morgan fingerprint density at radius 2 is 1.68 bits per heavy atom. The van der Waals surface area contributed by atoms with E-state index >= 15 is 0 Å². The van der Waals surface area contributed by atoms with Crippen molar-refractivity contribution in [1.29, 1.82) is 0 Å². The number of rotatable bonds is 3. The zero-order valence-corrected chi connectivity index (χ0v) is 11.1. The van der Waals surface area contributed by atoms with Gasteiger partial charge in [-0.15, -0.1) is 0 Å². The number of aromatic amines is 1. The molecule has 0 aliphatic heterocycles. The van der Waals surface area contributed by atoms with E-state index in [1.807, 2.05) is 6.07 Å². The van der Waals surface area contributed by atoms with Gasteiger partial charge in [0.2, 0.25) is 0 Å². The fourth-order valence-electron chi connectivity index (χ4n) is 2.40. The van der Waals surface area contributed by atoms with Crippen LogP contribution in [0.4, 0.5) is 0 Å². The Bertz CT molecular complexity index is 705. The van der Waals surface area contributed by atoms with Gasteiger partial charge in [-0.2, -0.15) is 0 Å². The van der Waals surface area contributed by atoms with Gasteiger partial charge in [0.1, 0.15) is 0 Å². The van der Waals surface area contributed by atoms with E-state index in [4.69, 9.17) is 0 Å². The van der Waals surface area contributed by atoms with Gasteiger partial charge in [0.15, 0.2) is 0 Å². The molecular formula is C18H17N. The lowest BCUT2D eigenvalue weighted by Crippen LogP contribution is -1.79. The van der Waals surface area contributed by atoms with Crippen molar-refractivity contribution in [3.63, 3.8) is 0 Å². The van der Waals surface area contributed by atoms with Gasteiger partial charge in [-0.25, -0.2) is 0 Å². The maximum Gasteiger partial charge on any atom is 0.0538 e. The molecule has 3 rings (SSSR count). The molecule has 0 spiro atoms. The number of hydrogen-bond donors (Lipinski definition) is 1. The molecule has 0 saturated carbocycles. The molecule has 0 unspecified atom stereocenters. The summed E-state index contributed by atoms with van der Waals surface area (Å²) in [5, 5.41) is 1.28. The summed E-state index contributed by atoms with van der Waals surface area (Å²) in [6.45, 7) is 2.16. The second kappa shape index (κ2) is 5.15. The first-order valence-electron chi connectivity index (χ1n) is 6.73. The summed E-state index contributed by atoms with van der Waals surface area (Å²) in [4.78, 5) is 3.54. The predicted octanol–water partition coefficient (Wildman–Crippen LogP) is 5.26. The highest BCUT2D eigenvalue weighted by Gasteiger charge is 2.09. The minimum absolute atomic E-state index is 1.05. The highest BCUT2D eigenvalue weighted by atomic mass is 14.7. The van der Waals surface area contributed by atoms with Crippen LogP contribution in [0.3, 0.4) is 0 Å². The lowest BCUT2D eigenvalue weighted by Gasteiger charge is -2.00. The van der Waals surface area contributed by atoms with Crippen LogP contribution in [0.2, 0.25) is 0 Å². The predicted molar refractivity (Wildman–Crippen MR) is 83.1 cm³/mol. The molecule has 94 valence electrons. The number of benzene rings is 2. The van der Waals surface area contributed by atoms with Crippen molar-refractivity contribution in [2.24, 2.45) is 0 Å². The monoisotopic (exact) mass is 247 g/mol. The van der Waals surface area contributed by atoms with Gasteiger partial charge in [0.25, 0.3) is 0 Å². The third kappa shape index (κ3) is 2.19. The average molecular weight is 247 g/mol. The third-order valence-electron chi connectivity index (χ3n) is 3.33. The molecule has 0 atom stereocenters. The third-order valence-corrected chi connectivity index (χ3v) is 3.33. The largest absolute Gasteiger partial charge is 0.354 e. The first-order chi connectivity index (χ1) is 9.40. The number of nitrogens with one attached hydrogen (secondary N) is 1. The van der Waals surface area contributed by atoms with E-state index in [0.29, 0.717) is 0 Å². The Labute approximate surface area is 113 Å². The molecule has 1 N–H and O–H groups in total. The maximum absolute atomic E-state index is 3.54. The Hall–Kier alpha value is -2.28. The van der Waals surface area contributed by atoms with Crippen LogP contribution < -0.4 is 0 Å². The number of para-hydroxylation sites is 1. The highest BCUT2D eigenvalue weighted by Crippen LogP contribution is 2.31. The Morgan fingerprint density at radius 1 is 0.947 bits per heavy atom. The van der Waals surface area contributed by atoms with Crippen LogP contribution in [0.15, 0.2) is 60.7 Å². The molecule has 0 aliphatic rings. The van der Waals surface area contributed by atoms with Crippen molar-refractivity contribution in [2.75, 3.05) is 0 Å². The molecule has 0 aliphatic carbocycles. The summed E-state index contributed by atoms with van der Waals surface area (Å²) >= 11 is 0. The van der Waals surface area contributed by atoms with Crippen LogP contribution in [0.25, 0.3) is 28.2 Å². The van der Waals surface area contributed by atoms with E-state index in [9.17, 15) is 0 Å². The summed E-state index contributed by atoms with van der Waals surface area (Å²) in [5.74, 6) is 0. The first kappa shape index (κ1) is 11.8. The zero-order chi connectivity index (χ0) is 13.1. The van der Waals surface area contributed by atoms with Crippen LogP contribution in [-0.4, -0.2) is 4.98 Å². The summed E-state index contributed by atoms with van der Waals surface area (Å²) in [7, 11) is 0. The standard InChI is InChI=1S/C18H17N/c1-2-3-11-16-15-12-7-8-13-17(15)19-18(16)14-9-5-4-6-10-14/h3-13,19H,2H2,1H3/b11-3+. The Balaban J connectivity index is 2.26. The van der Waals surface area contributed by atoms with Crippen molar-refractivity contribution in [3.8, 4) is 11.3 Å². The molecule has 0 amide bonds. The van der Waals surface area contributed by atoms with E-state index in [0.717, 1.165) is 6.42 Å². The van der Waals surface area contributed by atoms with Crippen molar-refractivity contribution in [2.45, 2.75) is 13.3 Å². The van der Waals surface area contributed by atoms with Crippen LogP contribution in [-0.2, 0) is 0 Å². The van der Waals surface area contributed by atoms with E-state index in [1.54, 1.807) is 0 Å². The van der Waals surface area contributed by atoms with Gasteiger partial charge in [-0.05, 0) is 18.1 Å². The summed E-state index contributed by atoms with van der Waals surface area (Å²) < 4.78 is 0. The molecule has 2 aromatic carbocycles. The first-order valence-corrected chi connectivity index (χ1v) is 6.73. The second-order valence-corrected chi connectivity index (χ2v) is 4.64.